The summed E-state index contributed by atoms with van der Waals surface area (Å²) in [4.78, 5) is 22.0. The van der Waals surface area contributed by atoms with Gasteiger partial charge in [-0.3, -0.25) is 9.69 Å². The number of aromatic nitrogens is 2. The van der Waals surface area contributed by atoms with Crippen LogP contribution in [0.4, 0.5) is 0 Å². The van der Waals surface area contributed by atoms with Crippen LogP contribution in [0.2, 0.25) is 5.02 Å². The summed E-state index contributed by atoms with van der Waals surface area (Å²) in [6, 6.07) is 7.67. The van der Waals surface area contributed by atoms with Crippen LogP contribution < -0.4 is 5.43 Å². The average Bonchev–Trinajstić information content (AvgIpc) is 3.14. The number of halogens is 1. The Kier molecular flexibility index (Phi) is 6.12. The van der Waals surface area contributed by atoms with Gasteiger partial charge in [-0.05, 0) is 38.6 Å². The Hall–Kier alpha value is -2.39. The van der Waals surface area contributed by atoms with E-state index in [1.165, 1.54) is 0 Å². The fourth-order valence-electron chi connectivity index (χ4n) is 2.81. The van der Waals surface area contributed by atoms with Crippen LogP contribution in [0.25, 0.3) is 11.1 Å². The van der Waals surface area contributed by atoms with Crippen LogP contribution in [0.1, 0.15) is 22.0 Å². The molecule has 0 aliphatic rings. The SMILES string of the molecule is Cc1[nH]c(C)c(-c2ccc(C#CCN(C)Cc3nccs3)cc2)c(=O)c1Cl. The standard InChI is InChI=1S/C21H20ClN3OS/c1-14-19(21(26)20(22)15(2)24-14)17-8-6-16(7-9-17)5-4-11-25(3)13-18-23-10-12-27-18/h6-10,12H,11,13H2,1-3H3,(H,24,26). The predicted molar refractivity (Wildman–Crippen MR) is 112 cm³/mol. The van der Waals surface area contributed by atoms with Gasteiger partial charge in [0.05, 0.1) is 13.1 Å². The molecule has 0 fully saturated rings. The molecule has 138 valence electrons. The summed E-state index contributed by atoms with van der Waals surface area (Å²) in [5.41, 5.74) is 3.70. The molecule has 0 aliphatic carbocycles. The molecule has 3 rings (SSSR count). The molecule has 0 radical (unpaired) electrons. The number of nitrogens with one attached hydrogen (secondary N) is 1. The van der Waals surface area contributed by atoms with Crippen molar-refractivity contribution in [2.75, 3.05) is 13.6 Å². The quantitative estimate of drug-likeness (QED) is 0.669. The van der Waals surface area contributed by atoms with E-state index in [1.54, 1.807) is 18.3 Å². The third-order valence-electron chi connectivity index (χ3n) is 4.15. The van der Waals surface area contributed by atoms with Crippen molar-refractivity contribution in [1.82, 2.24) is 14.9 Å². The number of aromatic amines is 1. The second-order valence-corrected chi connectivity index (χ2v) is 7.73. The van der Waals surface area contributed by atoms with E-state index in [0.717, 1.165) is 28.4 Å². The van der Waals surface area contributed by atoms with Gasteiger partial charge in [0.2, 0.25) is 5.43 Å². The fraction of sp³-hybridized carbons (Fsp3) is 0.238. The molecule has 2 heterocycles. The minimum atomic E-state index is -0.145. The van der Waals surface area contributed by atoms with Crippen LogP contribution in [-0.2, 0) is 6.54 Å². The van der Waals surface area contributed by atoms with Crippen molar-refractivity contribution >= 4 is 22.9 Å². The zero-order chi connectivity index (χ0) is 19.4. The average molecular weight is 398 g/mol. The van der Waals surface area contributed by atoms with Crippen LogP contribution in [0.5, 0.6) is 0 Å². The van der Waals surface area contributed by atoms with Crippen molar-refractivity contribution < 1.29 is 0 Å². The largest absolute Gasteiger partial charge is 0.361 e. The summed E-state index contributed by atoms with van der Waals surface area (Å²) in [6.07, 6.45) is 1.81. The summed E-state index contributed by atoms with van der Waals surface area (Å²) in [5.74, 6) is 6.34. The van der Waals surface area contributed by atoms with Gasteiger partial charge in [-0.1, -0.05) is 35.6 Å². The lowest BCUT2D eigenvalue weighted by molar-refractivity contribution is 0.368. The third-order valence-corrected chi connectivity index (χ3v) is 5.37. The van der Waals surface area contributed by atoms with Crippen LogP contribution in [0, 0.1) is 25.7 Å². The first-order chi connectivity index (χ1) is 13.0. The van der Waals surface area contributed by atoms with Crippen LogP contribution in [0.15, 0.2) is 40.6 Å². The minimum absolute atomic E-state index is 0.145. The predicted octanol–water partition coefficient (Wildman–Crippen LogP) is 4.25. The number of thiazole rings is 1. The number of hydrogen-bond acceptors (Lipinski definition) is 4. The molecular weight excluding hydrogens is 378 g/mol. The molecule has 6 heteroatoms. The molecule has 0 aliphatic heterocycles. The van der Waals surface area contributed by atoms with Gasteiger partial charge in [0, 0.05) is 34.1 Å². The third kappa shape index (κ3) is 4.67. The maximum atomic E-state index is 12.5. The van der Waals surface area contributed by atoms with Crippen LogP contribution in [0.3, 0.4) is 0 Å². The van der Waals surface area contributed by atoms with Crippen molar-refractivity contribution in [3.05, 3.63) is 73.0 Å². The highest BCUT2D eigenvalue weighted by atomic mass is 35.5. The zero-order valence-electron chi connectivity index (χ0n) is 15.5. The Labute approximate surface area is 167 Å². The molecule has 27 heavy (non-hydrogen) atoms. The maximum Gasteiger partial charge on any atom is 0.208 e. The van der Waals surface area contributed by atoms with Gasteiger partial charge in [-0.25, -0.2) is 4.98 Å². The Morgan fingerprint density at radius 3 is 2.63 bits per heavy atom. The first kappa shape index (κ1) is 19.4. The van der Waals surface area contributed by atoms with Crippen molar-refractivity contribution in [2.24, 2.45) is 0 Å². The van der Waals surface area contributed by atoms with Gasteiger partial charge in [0.1, 0.15) is 10.0 Å². The van der Waals surface area contributed by atoms with E-state index >= 15 is 0 Å². The number of hydrogen-bond donors (Lipinski definition) is 1. The number of aryl methyl sites for hydroxylation is 2. The lowest BCUT2D eigenvalue weighted by Gasteiger charge is -2.10. The molecule has 0 bridgehead atoms. The van der Waals surface area contributed by atoms with Gasteiger partial charge in [-0.2, -0.15) is 0 Å². The van der Waals surface area contributed by atoms with Crippen molar-refractivity contribution in [3.63, 3.8) is 0 Å². The van der Waals surface area contributed by atoms with Gasteiger partial charge in [0.15, 0.2) is 0 Å². The normalized spacial score (nSPS) is 10.7. The molecule has 2 aromatic heterocycles. The van der Waals surface area contributed by atoms with Gasteiger partial charge in [0.25, 0.3) is 0 Å². The number of rotatable bonds is 4. The molecule has 1 N–H and O–H groups in total. The summed E-state index contributed by atoms with van der Waals surface area (Å²) >= 11 is 7.76. The molecule has 0 spiro atoms. The van der Waals surface area contributed by atoms with Crippen molar-refractivity contribution in [2.45, 2.75) is 20.4 Å². The number of benzene rings is 1. The molecule has 0 atom stereocenters. The van der Waals surface area contributed by atoms with Gasteiger partial charge >= 0.3 is 0 Å². The lowest BCUT2D eigenvalue weighted by atomic mass is 10.0. The second kappa shape index (κ2) is 8.53. The molecule has 0 unspecified atom stereocenters. The number of H-pyrrole nitrogens is 1. The van der Waals surface area contributed by atoms with Crippen LogP contribution >= 0.6 is 22.9 Å². The minimum Gasteiger partial charge on any atom is -0.361 e. The topological polar surface area (TPSA) is 49.0 Å². The van der Waals surface area contributed by atoms with Crippen molar-refractivity contribution in [3.8, 4) is 23.0 Å². The second-order valence-electron chi connectivity index (χ2n) is 6.37. The van der Waals surface area contributed by atoms with E-state index in [4.69, 9.17) is 11.6 Å². The zero-order valence-corrected chi connectivity index (χ0v) is 17.0. The summed E-state index contributed by atoms with van der Waals surface area (Å²) in [6.45, 7) is 5.13. The number of pyridine rings is 1. The van der Waals surface area contributed by atoms with E-state index in [-0.39, 0.29) is 10.5 Å². The highest BCUT2D eigenvalue weighted by Crippen LogP contribution is 2.22. The van der Waals surface area contributed by atoms with Gasteiger partial charge < -0.3 is 4.98 Å². The Morgan fingerprint density at radius 1 is 1.22 bits per heavy atom. The Balaban J connectivity index is 1.72. The van der Waals surface area contributed by atoms with E-state index in [9.17, 15) is 4.79 Å². The molecule has 4 nitrogen and oxygen atoms in total. The van der Waals surface area contributed by atoms with E-state index in [0.29, 0.717) is 17.8 Å². The first-order valence-corrected chi connectivity index (χ1v) is 9.76. The molecule has 0 saturated heterocycles. The van der Waals surface area contributed by atoms with Crippen LogP contribution in [-0.4, -0.2) is 28.5 Å². The van der Waals surface area contributed by atoms with E-state index < -0.39 is 0 Å². The summed E-state index contributed by atoms with van der Waals surface area (Å²) in [5, 5.41) is 3.30. The fourth-order valence-corrected chi connectivity index (χ4v) is 3.65. The molecule has 0 saturated carbocycles. The highest BCUT2D eigenvalue weighted by molar-refractivity contribution is 7.09. The van der Waals surface area contributed by atoms with E-state index in [2.05, 4.69) is 26.7 Å². The summed E-state index contributed by atoms with van der Waals surface area (Å²) in [7, 11) is 2.02. The molecule has 3 aromatic rings. The summed E-state index contributed by atoms with van der Waals surface area (Å²) < 4.78 is 0. The Bertz CT molecular complexity index is 1040. The molecule has 0 amide bonds. The van der Waals surface area contributed by atoms with E-state index in [1.807, 2.05) is 49.8 Å². The maximum absolute atomic E-state index is 12.5. The van der Waals surface area contributed by atoms with Crippen molar-refractivity contribution in [1.29, 1.82) is 0 Å². The lowest BCUT2D eigenvalue weighted by Crippen LogP contribution is -2.17. The smallest absolute Gasteiger partial charge is 0.208 e. The highest BCUT2D eigenvalue weighted by Gasteiger charge is 2.12. The first-order valence-electron chi connectivity index (χ1n) is 8.51. The Morgan fingerprint density at radius 2 is 1.96 bits per heavy atom. The van der Waals surface area contributed by atoms with Gasteiger partial charge in [-0.15, -0.1) is 11.3 Å². The monoisotopic (exact) mass is 397 g/mol. The molecule has 1 aromatic carbocycles. The molecular formula is C21H20ClN3OS. The number of nitrogens with zero attached hydrogens (tertiary/aromatic N) is 2.